The lowest BCUT2D eigenvalue weighted by atomic mass is 9.93. The van der Waals surface area contributed by atoms with Crippen molar-refractivity contribution in [1.29, 1.82) is 0 Å². The summed E-state index contributed by atoms with van der Waals surface area (Å²) in [6.07, 6.45) is 2.55. The Kier molecular flexibility index (Phi) is 5.13. The van der Waals surface area contributed by atoms with Crippen LogP contribution in [0.5, 0.6) is 11.5 Å². The summed E-state index contributed by atoms with van der Waals surface area (Å²) in [5.41, 5.74) is -2.26. The zero-order valence-corrected chi connectivity index (χ0v) is 14.7. The van der Waals surface area contributed by atoms with Crippen LogP contribution in [0.1, 0.15) is 5.56 Å². The standard InChI is InChI=1S/C17H13Cl2N3O4/c18-11-1-3-12(4-2-11)26-13-5-6-14(15(19)7-13)17(25,16(23)24)8-22-10-20-9-21-22/h1-7,9-10,25H,8H2,(H,23,24)/t17-/m1/s1. The van der Waals surface area contributed by atoms with Crippen molar-refractivity contribution in [3.63, 3.8) is 0 Å². The second-order valence-electron chi connectivity index (χ2n) is 5.46. The van der Waals surface area contributed by atoms with Crippen LogP contribution in [0.3, 0.4) is 0 Å². The molecule has 0 unspecified atom stereocenters. The van der Waals surface area contributed by atoms with E-state index in [1.54, 1.807) is 24.3 Å². The van der Waals surface area contributed by atoms with E-state index in [9.17, 15) is 15.0 Å². The maximum absolute atomic E-state index is 11.7. The summed E-state index contributed by atoms with van der Waals surface area (Å²) in [5.74, 6) is -0.537. The van der Waals surface area contributed by atoms with Crippen molar-refractivity contribution in [1.82, 2.24) is 14.8 Å². The van der Waals surface area contributed by atoms with Gasteiger partial charge in [-0.05, 0) is 36.4 Å². The molecule has 1 atom stereocenters. The molecule has 0 radical (unpaired) electrons. The van der Waals surface area contributed by atoms with Gasteiger partial charge in [-0.2, -0.15) is 5.10 Å². The third kappa shape index (κ3) is 3.80. The molecule has 2 aromatic carbocycles. The summed E-state index contributed by atoms with van der Waals surface area (Å²) in [6.45, 7) is -0.348. The number of aliphatic carboxylic acids is 1. The molecule has 26 heavy (non-hydrogen) atoms. The fourth-order valence-electron chi connectivity index (χ4n) is 2.35. The fourth-order valence-corrected chi connectivity index (χ4v) is 2.80. The fraction of sp³-hybridized carbons (Fsp3) is 0.118. The van der Waals surface area contributed by atoms with Crippen LogP contribution in [0.2, 0.25) is 10.0 Å². The van der Waals surface area contributed by atoms with Crippen molar-refractivity contribution in [2.75, 3.05) is 0 Å². The number of carboxylic acids is 1. The van der Waals surface area contributed by atoms with Crippen LogP contribution in [-0.4, -0.2) is 30.9 Å². The highest BCUT2D eigenvalue weighted by atomic mass is 35.5. The van der Waals surface area contributed by atoms with E-state index in [1.807, 2.05) is 0 Å². The third-order valence-electron chi connectivity index (χ3n) is 3.65. The predicted molar refractivity (Wildman–Crippen MR) is 94.5 cm³/mol. The van der Waals surface area contributed by atoms with E-state index in [1.165, 1.54) is 35.5 Å². The Hall–Kier alpha value is -2.61. The minimum absolute atomic E-state index is 0.0191. The van der Waals surface area contributed by atoms with Crippen LogP contribution in [0.4, 0.5) is 0 Å². The maximum Gasteiger partial charge on any atom is 0.342 e. The quantitative estimate of drug-likeness (QED) is 0.666. The molecule has 0 amide bonds. The Bertz CT molecular complexity index is 916. The number of benzene rings is 2. The number of aliphatic hydroxyl groups is 1. The zero-order valence-electron chi connectivity index (χ0n) is 13.2. The Balaban J connectivity index is 1.89. The highest BCUT2D eigenvalue weighted by molar-refractivity contribution is 6.32. The van der Waals surface area contributed by atoms with Gasteiger partial charge in [-0.1, -0.05) is 29.3 Å². The number of carboxylic acid groups (broad SMARTS) is 1. The molecule has 7 nitrogen and oxygen atoms in total. The molecule has 9 heteroatoms. The van der Waals surface area contributed by atoms with Gasteiger partial charge < -0.3 is 14.9 Å². The first-order valence-corrected chi connectivity index (χ1v) is 8.16. The zero-order chi connectivity index (χ0) is 18.7. The van der Waals surface area contributed by atoms with E-state index in [0.717, 1.165) is 0 Å². The van der Waals surface area contributed by atoms with Crippen LogP contribution in [-0.2, 0) is 16.9 Å². The maximum atomic E-state index is 11.7. The molecule has 1 aromatic heterocycles. The van der Waals surface area contributed by atoms with Gasteiger partial charge in [0.1, 0.15) is 24.2 Å². The molecule has 0 saturated heterocycles. The SMILES string of the molecule is O=C(O)[C@@](O)(Cn1cncn1)c1ccc(Oc2ccc(Cl)cc2)cc1Cl. The predicted octanol–water partition coefficient (Wildman–Crippen LogP) is 3.35. The van der Waals surface area contributed by atoms with E-state index >= 15 is 0 Å². The number of carbonyl (C=O) groups is 1. The molecule has 0 aliphatic carbocycles. The molecular weight excluding hydrogens is 381 g/mol. The Morgan fingerprint density at radius 2 is 1.85 bits per heavy atom. The summed E-state index contributed by atoms with van der Waals surface area (Å²) in [4.78, 5) is 15.4. The van der Waals surface area contributed by atoms with Gasteiger partial charge in [0.15, 0.2) is 0 Å². The second-order valence-corrected chi connectivity index (χ2v) is 6.30. The van der Waals surface area contributed by atoms with Gasteiger partial charge in [-0.3, -0.25) is 0 Å². The molecule has 1 heterocycles. The van der Waals surface area contributed by atoms with Crippen molar-refractivity contribution in [3.8, 4) is 11.5 Å². The first-order valence-electron chi connectivity index (χ1n) is 7.40. The molecule has 0 bridgehead atoms. The largest absolute Gasteiger partial charge is 0.479 e. The lowest BCUT2D eigenvalue weighted by Crippen LogP contribution is -2.40. The molecule has 2 N–H and O–H groups in total. The normalized spacial score (nSPS) is 13.2. The summed E-state index contributed by atoms with van der Waals surface area (Å²) in [5, 5.41) is 24.7. The first-order chi connectivity index (χ1) is 12.4. The lowest BCUT2D eigenvalue weighted by Gasteiger charge is -2.25. The molecule has 0 spiro atoms. The molecule has 3 aromatic rings. The number of ether oxygens (including phenoxy) is 1. The van der Waals surface area contributed by atoms with Crippen LogP contribution in [0.25, 0.3) is 0 Å². The smallest absolute Gasteiger partial charge is 0.342 e. The number of aromatic nitrogens is 3. The summed E-state index contributed by atoms with van der Waals surface area (Å²) < 4.78 is 6.86. The van der Waals surface area contributed by atoms with Crippen LogP contribution >= 0.6 is 23.2 Å². The summed E-state index contributed by atoms with van der Waals surface area (Å²) >= 11 is 12.0. The van der Waals surface area contributed by atoms with E-state index in [-0.39, 0.29) is 17.1 Å². The average Bonchev–Trinajstić information content (AvgIpc) is 3.09. The number of hydrogen-bond acceptors (Lipinski definition) is 5. The monoisotopic (exact) mass is 393 g/mol. The van der Waals surface area contributed by atoms with Gasteiger partial charge >= 0.3 is 5.97 Å². The van der Waals surface area contributed by atoms with Gasteiger partial charge in [0.2, 0.25) is 5.60 Å². The number of halogens is 2. The Labute approximate surface area is 158 Å². The number of nitrogens with zero attached hydrogens (tertiary/aromatic N) is 3. The molecule has 3 rings (SSSR count). The van der Waals surface area contributed by atoms with Crippen LogP contribution in [0, 0.1) is 0 Å². The number of hydrogen-bond donors (Lipinski definition) is 2. The Morgan fingerprint density at radius 3 is 2.42 bits per heavy atom. The highest BCUT2D eigenvalue weighted by Crippen LogP contribution is 2.34. The molecular formula is C17H13Cl2N3O4. The van der Waals surface area contributed by atoms with E-state index in [0.29, 0.717) is 16.5 Å². The van der Waals surface area contributed by atoms with Gasteiger partial charge in [-0.15, -0.1) is 0 Å². The number of rotatable bonds is 6. The third-order valence-corrected chi connectivity index (χ3v) is 4.21. The second kappa shape index (κ2) is 7.33. The minimum Gasteiger partial charge on any atom is -0.479 e. The van der Waals surface area contributed by atoms with Gasteiger partial charge in [0.05, 0.1) is 11.6 Å². The molecule has 0 saturated carbocycles. The van der Waals surface area contributed by atoms with Gasteiger partial charge in [0.25, 0.3) is 0 Å². The molecule has 0 aliphatic heterocycles. The molecule has 0 aliphatic rings. The van der Waals surface area contributed by atoms with Crippen LogP contribution < -0.4 is 4.74 Å². The minimum atomic E-state index is -2.27. The van der Waals surface area contributed by atoms with Crippen molar-refractivity contribution >= 4 is 29.2 Å². The van der Waals surface area contributed by atoms with E-state index < -0.39 is 11.6 Å². The lowest BCUT2D eigenvalue weighted by molar-refractivity contribution is -0.161. The molecule has 134 valence electrons. The van der Waals surface area contributed by atoms with Crippen molar-refractivity contribution in [3.05, 3.63) is 70.7 Å². The summed E-state index contributed by atoms with van der Waals surface area (Å²) in [6, 6.07) is 11.1. The van der Waals surface area contributed by atoms with Crippen LogP contribution in [0.15, 0.2) is 55.1 Å². The van der Waals surface area contributed by atoms with Gasteiger partial charge in [0, 0.05) is 10.6 Å². The summed E-state index contributed by atoms with van der Waals surface area (Å²) in [7, 11) is 0. The highest BCUT2D eigenvalue weighted by Gasteiger charge is 2.40. The van der Waals surface area contributed by atoms with Crippen molar-refractivity contribution in [2.24, 2.45) is 0 Å². The van der Waals surface area contributed by atoms with Gasteiger partial charge in [-0.25, -0.2) is 14.5 Å². The van der Waals surface area contributed by atoms with E-state index in [2.05, 4.69) is 10.1 Å². The average molecular weight is 394 g/mol. The van der Waals surface area contributed by atoms with Crippen molar-refractivity contribution in [2.45, 2.75) is 12.1 Å². The topological polar surface area (TPSA) is 97.5 Å². The molecule has 0 fully saturated rings. The Morgan fingerprint density at radius 1 is 1.15 bits per heavy atom. The van der Waals surface area contributed by atoms with Crippen molar-refractivity contribution < 1.29 is 19.7 Å². The van der Waals surface area contributed by atoms with E-state index in [4.69, 9.17) is 27.9 Å². The first kappa shape index (κ1) is 18.2.